The summed E-state index contributed by atoms with van der Waals surface area (Å²) in [4.78, 5) is 0. The van der Waals surface area contributed by atoms with Crippen molar-refractivity contribution in [1.29, 1.82) is 0 Å². The molecule has 2 heterocycles. The van der Waals surface area contributed by atoms with E-state index < -0.39 is 0 Å². The summed E-state index contributed by atoms with van der Waals surface area (Å²) in [6.45, 7) is 11.6. The van der Waals surface area contributed by atoms with E-state index in [9.17, 15) is 0 Å². The first-order valence-electron chi connectivity index (χ1n) is 16.7. The van der Waals surface area contributed by atoms with Crippen molar-refractivity contribution in [1.82, 2.24) is 4.57 Å². The third-order valence-electron chi connectivity index (χ3n) is 8.72. The van der Waals surface area contributed by atoms with Crippen LogP contribution in [0.3, 0.4) is 0 Å². The average molecular weight is 628 g/mol. The molecule has 0 radical (unpaired) electrons. The molecule has 0 unspecified atom stereocenters. The highest BCUT2D eigenvalue weighted by atomic mass is 16.5. The van der Waals surface area contributed by atoms with Gasteiger partial charge in [0, 0.05) is 33.8 Å². The van der Waals surface area contributed by atoms with E-state index in [1.807, 2.05) is 52.0 Å². The number of ether oxygens (including phenoxy) is 5. The van der Waals surface area contributed by atoms with Crippen molar-refractivity contribution in [3.05, 3.63) is 102 Å². The Morgan fingerprint density at radius 1 is 0.553 bits per heavy atom. The maximum Gasteiger partial charge on any atom is 0.161 e. The molecule has 6 aromatic rings. The standard InChI is InChI=1S/C41H41NO5/c1-5-43-34-19-18-29(23-36(34)44-6-2)39-33-25-35(47-26-27-14-10-9-11-15-27)30-16-12-13-17-31(30)40(33)42-21-20-28-22-37(45-7-3)38(46-8-4)24-32(28)41(39)42/h9-19,22-25H,5-8,20-21,26H2,1-4H3. The molecule has 0 aliphatic carbocycles. The number of aromatic nitrogens is 1. The Kier molecular flexibility index (Phi) is 8.66. The van der Waals surface area contributed by atoms with Crippen molar-refractivity contribution in [3.63, 3.8) is 0 Å². The summed E-state index contributed by atoms with van der Waals surface area (Å²) in [7, 11) is 0. The summed E-state index contributed by atoms with van der Waals surface area (Å²) in [6, 6.07) is 31.8. The lowest BCUT2D eigenvalue weighted by Gasteiger charge is -2.24. The first kappa shape index (κ1) is 30.5. The van der Waals surface area contributed by atoms with Gasteiger partial charge in [-0.3, -0.25) is 0 Å². The normalized spacial score (nSPS) is 12.1. The summed E-state index contributed by atoms with van der Waals surface area (Å²) in [6.07, 6.45) is 0.881. The maximum absolute atomic E-state index is 6.62. The lowest BCUT2D eigenvalue weighted by atomic mass is 9.92. The molecule has 1 aromatic heterocycles. The van der Waals surface area contributed by atoms with E-state index in [0.29, 0.717) is 33.0 Å². The Morgan fingerprint density at radius 2 is 1.19 bits per heavy atom. The zero-order chi connectivity index (χ0) is 32.3. The minimum absolute atomic E-state index is 0.484. The molecule has 0 saturated heterocycles. The third kappa shape index (κ3) is 5.62. The van der Waals surface area contributed by atoms with E-state index in [1.54, 1.807) is 0 Å². The number of rotatable bonds is 12. The van der Waals surface area contributed by atoms with Gasteiger partial charge in [-0.2, -0.15) is 0 Å². The molecule has 0 fully saturated rings. The SMILES string of the molecule is CCOc1ccc(-c2c3n(c4c2cc(OCc2ccccc2)c2ccccc24)CCc2cc(OCC)c(OCC)cc2-3)cc1OCC. The Bertz CT molecular complexity index is 2050. The van der Waals surface area contributed by atoms with Crippen molar-refractivity contribution in [2.45, 2.75) is 47.3 Å². The fraction of sp³-hybridized carbons (Fsp3) is 0.268. The molecule has 0 spiro atoms. The minimum Gasteiger partial charge on any atom is -0.490 e. The van der Waals surface area contributed by atoms with Crippen LogP contribution in [0, 0.1) is 0 Å². The van der Waals surface area contributed by atoms with Crippen LogP contribution in [0.1, 0.15) is 38.8 Å². The summed E-state index contributed by atoms with van der Waals surface area (Å²) in [5.41, 5.74) is 8.06. The topological polar surface area (TPSA) is 51.1 Å². The largest absolute Gasteiger partial charge is 0.490 e. The zero-order valence-electron chi connectivity index (χ0n) is 27.6. The van der Waals surface area contributed by atoms with Crippen molar-refractivity contribution in [2.24, 2.45) is 0 Å². The number of fused-ring (bicyclic) bond motifs is 7. The monoisotopic (exact) mass is 627 g/mol. The lowest BCUT2D eigenvalue weighted by molar-refractivity contribution is 0.287. The van der Waals surface area contributed by atoms with Crippen LogP contribution < -0.4 is 23.7 Å². The molecule has 6 nitrogen and oxygen atoms in total. The van der Waals surface area contributed by atoms with E-state index >= 15 is 0 Å². The Hall–Kier alpha value is -5.10. The number of hydrogen-bond donors (Lipinski definition) is 0. The van der Waals surface area contributed by atoms with E-state index in [0.717, 1.165) is 85.8 Å². The fourth-order valence-corrected chi connectivity index (χ4v) is 6.84. The minimum atomic E-state index is 0.484. The molecule has 0 bridgehead atoms. The quantitative estimate of drug-likeness (QED) is 0.135. The second kappa shape index (κ2) is 13.3. The van der Waals surface area contributed by atoms with Crippen LogP contribution >= 0.6 is 0 Å². The lowest BCUT2D eigenvalue weighted by Crippen LogP contribution is -2.12. The Balaban J connectivity index is 1.53. The first-order chi connectivity index (χ1) is 23.1. The highest BCUT2D eigenvalue weighted by Crippen LogP contribution is 2.51. The molecule has 0 atom stereocenters. The van der Waals surface area contributed by atoms with Crippen LogP contribution in [-0.2, 0) is 19.6 Å². The van der Waals surface area contributed by atoms with Crippen molar-refractivity contribution < 1.29 is 23.7 Å². The molecule has 7 rings (SSSR count). The molecule has 240 valence electrons. The maximum atomic E-state index is 6.62. The number of nitrogens with zero attached hydrogens (tertiary/aromatic N) is 1. The molecular formula is C41H41NO5. The second-order valence-electron chi connectivity index (χ2n) is 11.6. The van der Waals surface area contributed by atoms with Crippen LogP contribution in [0.5, 0.6) is 28.7 Å². The Morgan fingerprint density at radius 3 is 1.91 bits per heavy atom. The number of aryl methyl sites for hydroxylation is 2. The first-order valence-corrected chi connectivity index (χ1v) is 16.7. The van der Waals surface area contributed by atoms with Gasteiger partial charge in [-0.25, -0.2) is 0 Å². The van der Waals surface area contributed by atoms with Gasteiger partial charge in [-0.1, -0.05) is 60.7 Å². The van der Waals surface area contributed by atoms with Gasteiger partial charge in [0.05, 0.1) is 37.6 Å². The van der Waals surface area contributed by atoms with E-state index in [1.165, 1.54) is 11.1 Å². The molecule has 6 heteroatoms. The summed E-state index contributed by atoms with van der Waals surface area (Å²) in [5, 5.41) is 3.39. The van der Waals surface area contributed by atoms with Gasteiger partial charge in [0.15, 0.2) is 23.0 Å². The predicted octanol–water partition coefficient (Wildman–Crippen LogP) is 9.86. The van der Waals surface area contributed by atoms with Crippen LogP contribution in [0.4, 0.5) is 0 Å². The van der Waals surface area contributed by atoms with Crippen molar-refractivity contribution in [2.75, 3.05) is 26.4 Å². The average Bonchev–Trinajstić information content (AvgIpc) is 3.44. The third-order valence-corrected chi connectivity index (χ3v) is 8.72. The van der Waals surface area contributed by atoms with Gasteiger partial charge >= 0.3 is 0 Å². The number of hydrogen-bond acceptors (Lipinski definition) is 5. The van der Waals surface area contributed by atoms with Gasteiger partial charge in [0.2, 0.25) is 0 Å². The zero-order valence-corrected chi connectivity index (χ0v) is 27.6. The molecular weight excluding hydrogens is 586 g/mol. The van der Waals surface area contributed by atoms with E-state index in [-0.39, 0.29) is 0 Å². The van der Waals surface area contributed by atoms with Crippen LogP contribution in [-0.4, -0.2) is 31.0 Å². The van der Waals surface area contributed by atoms with Crippen LogP contribution in [0.25, 0.3) is 44.1 Å². The fourth-order valence-electron chi connectivity index (χ4n) is 6.84. The molecule has 1 aliphatic rings. The van der Waals surface area contributed by atoms with Gasteiger partial charge < -0.3 is 28.3 Å². The predicted molar refractivity (Wildman–Crippen MR) is 189 cm³/mol. The smallest absolute Gasteiger partial charge is 0.161 e. The van der Waals surface area contributed by atoms with Gasteiger partial charge in [-0.05, 0) is 81.1 Å². The highest BCUT2D eigenvalue weighted by molar-refractivity contribution is 6.17. The molecule has 0 amide bonds. The summed E-state index contributed by atoms with van der Waals surface area (Å²) < 4.78 is 33.4. The summed E-state index contributed by atoms with van der Waals surface area (Å²) >= 11 is 0. The van der Waals surface area contributed by atoms with Crippen molar-refractivity contribution in [3.8, 4) is 51.1 Å². The highest BCUT2D eigenvalue weighted by Gasteiger charge is 2.29. The second-order valence-corrected chi connectivity index (χ2v) is 11.6. The number of benzene rings is 5. The molecule has 5 aromatic carbocycles. The summed E-state index contributed by atoms with van der Waals surface area (Å²) in [5.74, 6) is 3.89. The molecule has 1 aliphatic heterocycles. The van der Waals surface area contributed by atoms with Gasteiger partial charge in [-0.15, -0.1) is 0 Å². The molecule has 0 N–H and O–H groups in total. The van der Waals surface area contributed by atoms with Gasteiger partial charge in [0.1, 0.15) is 12.4 Å². The molecule has 47 heavy (non-hydrogen) atoms. The Labute approximate surface area is 276 Å². The van der Waals surface area contributed by atoms with E-state index in [4.69, 9.17) is 23.7 Å². The van der Waals surface area contributed by atoms with Crippen molar-refractivity contribution >= 4 is 21.7 Å². The van der Waals surface area contributed by atoms with Crippen LogP contribution in [0.2, 0.25) is 0 Å². The van der Waals surface area contributed by atoms with Gasteiger partial charge in [0.25, 0.3) is 0 Å². The van der Waals surface area contributed by atoms with Crippen LogP contribution in [0.15, 0.2) is 91.0 Å². The molecule has 0 saturated carbocycles. The van der Waals surface area contributed by atoms with E-state index in [2.05, 4.69) is 71.3 Å².